The molecule has 0 fully saturated rings. The number of benzene rings is 3. The van der Waals surface area contributed by atoms with Crippen LogP contribution in [0.3, 0.4) is 0 Å². The van der Waals surface area contributed by atoms with Crippen molar-refractivity contribution in [1.82, 2.24) is 10.3 Å². The van der Waals surface area contributed by atoms with E-state index in [2.05, 4.69) is 10.3 Å². The Hall–Kier alpha value is -3.99. The van der Waals surface area contributed by atoms with E-state index in [1.807, 2.05) is 78.9 Å². The van der Waals surface area contributed by atoms with E-state index in [-0.39, 0.29) is 5.91 Å². The van der Waals surface area contributed by atoms with Crippen molar-refractivity contribution in [1.29, 1.82) is 0 Å². The Bertz CT molecular complexity index is 1190. The summed E-state index contributed by atoms with van der Waals surface area (Å²) in [7, 11) is 0. The monoisotopic (exact) mass is 395 g/mol. The third-order valence-corrected chi connectivity index (χ3v) is 5.00. The van der Waals surface area contributed by atoms with E-state index < -0.39 is 11.9 Å². The first-order chi connectivity index (χ1) is 14.6. The SMILES string of the molecule is NC(=O)[C@H](Cc1ccc(-c2ccccc2)cc1)NC(=O)c1cnc2ccccc2c1. The number of amides is 2. The van der Waals surface area contributed by atoms with Gasteiger partial charge in [0.15, 0.2) is 0 Å². The highest BCUT2D eigenvalue weighted by atomic mass is 16.2. The van der Waals surface area contributed by atoms with E-state index in [9.17, 15) is 9.59 Å². The normalized spacial score (nSPS) is 11.7. The van der Waals surface area contributed by atoms with Gasteiger partial charge in [-0.2, -0.15) is 0 Å². The van der Waals surface area contributed by atoms with Gasteiger partial charge in [-0.25, -0.2) is 0 Å². The zero-order chi connectivity index (χ0) is 20.9. The van der Waals surface area contributed by atoms with E-state index in [1.165, 1.54) is 6.20 Å². The molecular formula is C25H21N3O2. The van der Waals surface area contributed by atoms with E-state index in [0.717, 1.165) is 27.6 Å². The molecule has 2 amide bonds. The van der Waals surface area contributed by atoms with Crippen molar-refractivity contribution < 1.29 is 9.59 Å². The van der Waals surface area contributed by atoms with Crippen LogP contribution in [0.2, 0.25) is 0 Å². The Morgan fingerprint density at radius 2 is 1.53 bits per heavy atom. The van der Waals surface area contributed by atoms with Crippen LogP contribution >= 0.6 is 0 Å². The van der Waals surface area contributed by atoms with Gasteiger partial charge in [-0.15, -0.1) is 0 Å². The molecule has 148 valence electrons. The molecule has 0 unspecified atom stereocenters. The molecule has 0 saturated carbocycles. The molecule has 0 aliphatic rings. The highest BCUT2D eigenvalue weighted by Crippen LogP contribution is 2.20. The van der Waals surface area contributed by atoms with Gasteiger partial charge in [-0.1, -0.05) is 72.8 Å². The lowest BCUT2D eigenvalue weighted by molar-refractivity contribution is -0.119. The summed E-state index contributed by atoms with van der Waals surface area (Å²) in [6, 6.07) is 26.4. The summed E-state index contributed by atoms with van der Waals surface area (Å²) in [4.78, 5) is 28.9. The second-order valence-electron chi connectivity index (χ2n) is 7.11. The van der Waals surface area contributed by atoms with Crippen molar-refractivity contribution in [3.63, 3.8) is 0 Å². The zero-order valence-electron chi connectivity index (χ0n) is 16.3. The van der Waals surface area contributed by atoms with Gasteiger partial charge in [0.25, 0.3) is 5.91 Å². The Kier molecular flexibility index (Phi) is 5.52. The molecule has 1 atom stereocenters. The lowest BCUT2D eigenvalue weighted by Gasteiger charge is -2.16. The number of hydrogen-bond acceptors (Lipinski definition) is 3. The van der Waals surface area contributed by atoms with Crippen LogP contribution in [-0.2, 0) is 11.2 Å². The largest absolute Gasteiger partial charge is 0.368 e. The summed E-state index contributed by atoms with van der Waals surface area (Å²) in [5, 5.41) is 3.60. The van der Waals surface area contributed by atoms with Crippen LogP contribution in [0.5, 0.6) is 0 Å². The number of nitrogens with zero attached hydrogens (tertiary/aromatic N) is 1. The van der Waals surface area contributed by atoms with Gasteiger partial charge in [-0.05, 0) is 28.8 Å². The van der Waals surface area contributed by atoms with Gasteiger partial charge in [-0.3, -0.25) is 14.6 Å². The molecule has 1 heterocycles. The summed E-state index contributed by atoms with van der Waals surface area (Å²) < 4.78 is 0. The maximum atomic E-state index is 12.7. The number of fused-ring (bicyclic) bond motifs is 1. The maximum Gasteiger partial charge on any atom is 0.253 e. The average Bonchev–Trinajstić information content (AvgIpc) is 2.79. The number of carbonyl (C=O) groups is 2. The Labute approximate surface area is 174 Å². The number of carbonyl (C=O) groups excluding carboxylic acids is 2. The molecule has 1 aromatic heterocycles. The van der Waals surface area contributed by atoms with Gasteiger partial charge < -0.3 is 11.1 Å². The molecule has 5 nitrogen and oxygen atoms in total. The quantitative estimate of drug-likeness (QED) is 0.522. The first-order valence-electron chi connectivity index (χ1n) is 9.69. The summed E-state index contributed by atoms with van der Waals surface area (Å²) in [6.07, 6.45) is 1.82. The zero-order valence-corrected chi connectivity index (χ0v) is 16.3. The third-order valence-electron chi connectivity index (χ3n) is 5.00. The van der Waals surface area contributed by atoms with Crippen LogP contribution in [0.1, 0.15) is 15.9 Å². The topological polar surface area (TPSA) is 85.1 Å². The summed E-state index contributed by atoms with van der Waals surface area (Å²) in [5.74, 6) is -0.956. The molecule has 0 aliphatic heterocycles. The fourth-order valence-electron chi connectivity index (χ4n) is 3.36. The molecular weight excluding hydrogens is 374 g/mol. The highest BCUT2D eigenvalue weighted by molar-refractivity contribution is 5.99. The Balaban J connectivity index is 1.48. The fraction of sp³-hybridized carbons (Fsp3) is 0.0800. The van der Waals surface area contributed by atoms with E-state index in [1.54, 1.807) is 6.07 Å². The first-order valence-corrected chi connectivity index (χ1v) is 9.69. The molecule has 5 heteroatoms. The van der Waals surface area contributed by atoms with Crippen molar-refractivity contribution in [2.24, 2.45) is 5.73 Å². The lowest BCUT2D eigenvalue weighted by atomic mass is 10.00. The maximum absolute atomic E-state index is 12.7. The number of nitrogens with two attached hydrogens (primary N) is 1. The predicted octanol–water partition coefficient (Wildman–Crippen LogP) is 3.73. The Morgan fingerprint density at radius 3 is 2.27 bits per heavy atom. The number of primary amides is 1. The number of para-hydroxylation sites is 1. The average molecular weight is 395 g/mol. The van der Waals surface area contributed by atoms with Crippen molar-refractivity contribution in [3.05, 3.63) is 102 Å². The van der Waals surface area contributed by atoms with Gasteiger partial charge in [0.1, 0.15) is 6.04 Å². The smallest absolute Gasteiger partial charge is 0.253 e. The number of aromatic nitrogens is 1. The van der Waals surface area contributed by atoms with Crippen LogP contribution in [0.4, 0.5) is 0 Å². The number of nitrogens with one attached hydrogen (secondary N) is 1. The molecule has 3 N–H and O–H groups in total. The number of pyridine rings is 1. The fourth-order valence-corrected chi connectivity index (χ4v) is 3.36. The third kappa shape index (κ3) is 4.36. The number of rotatable bonds is 6. The molecule has 4 aromatic rings. The van der Waals surface area contributed by atoms with Crippen molar-refractivity contribution in [2.75, 3.05) is 0 Å². The molecule has 30 heavy (non-hydrogen) atoms. The highest BCUT2D eigenvalue weighted by Gasteiger charge is 2.20. The Morgan fingerprint density at radius 1 is 0.867 bits per heavy atom. The molecule has 3 aromatic carbocycles. The van der Waals surface area contributed by atoms with Gasteiger partial charge in [0, 0.05) is 18.0 Å². The molecule has 0 aliphatic carbocycles. The van der Waals surface area contributed by atoms with Gasteiger partial charge in [0.05, 0.1) is 11.1 Å². The van der Waals surface area contributed by atoms with Crippen LogP contribution < -0.4 is 11.1 Å². The minimum Gasteiger partial charge on any atom is -0.368 e. The second-order valence-corrected chi connectivity index (χ2v) is 7.11. The van der Waals surface area contributed by atoms with Crippen LogP contribution in [0.25, 0.3) is 22.0 Å². The molecule has 0 radical (unpaired) electrons. The van der Waals surface area contributed by atoms with Gasteiger partial charge >= 0.3 is 0 Å². The summed E-state index contributed by atoms with van der Waals surface area (Å²) in [6.45, 7) is 0. The van der Waals surface area contributed by atoms with Crippen LogP contribution in [0.15, 0.2) is 91.1 Å². The van der Waals surface area contributed by atoms with Crippen LogP contribution in [-0.4, -0.2) is 22.8 Å². The molecule has 0 saturated heterocycles. The summed E-state index contributed by atoms with van der Waals surface area (Å²) in [5.41, 5.74) is 9.86. The lowest BCUT2D eigenvalue weighted by Crippen LogP contribution is -2.45. The summed E-state index contributed by atoms with van der Waals surface area (Å²) >= 11 is 0. The van der Waals surface area contributed by atoms with Crippen LogP contribution in [0, 0.1) is 0 Å². The van der Waals surface area contributed by atoms with E-state index in [4.69, 9.17) is 5.73 Å². The molecule has 4 rings (SSSR count). The molecule has 0 spiro atoms. The van der Waals surface area contributed by atoms with E-state index in [0.29, 0.717) is 12.0 Å². The first kappa shape index (κ1) is 19.3. The van der Waals surface area contributed by atoms with Crippen molar-refractivity contribution >= 4 is 22.7 Å². The minimum absolute atomic E-state index is 0.317. The minimum atomic E-state index is -0.813. The van der Waals surface area contributed by atoms with E-state index >= 15 is 0 Å². The van der Waals surface area contributed by atoms with Gasteiger partial charge in [0.2, 0.25) is 5.91 Å². The van der Waals surface area contributed by atoms with Crippen molar-refractivity contribution in [3.8, 4) is 11.1 Å². The van der Waals surface area contributed by atoms with Crippen molar-refractivity contribution in [2.45, 2.75) is 12.5 Å². The molecule has 0 bridgehead atoms. The standard InChI is InChI=1S/C25H21N3O2/c26-24(29)23(14-17-10-12-19(13-11-17)18-6-2-1-3-7-18)28-25(30)21-15-20-8-4-5-9-22(20)27-16-21/h1-13,15-16,23H,14H2,(H2,26,29)(H,28,30)/t23-/m0/s1. The predicted molar refractivity (Wildman–Crippen MR) is 118 cm³/mol. The number of hydrogen-bond donors (Lipinski definition) is 2. The second kappa shape index (κ2) is 8.57.